The van der Waals surface area contributed by atoms with Crippen molar-refractivity contribution in [3.05, 3.63) is 36.0 Å². The molecule has 0 saturated carbocycles. The molecule has 1 amide bonds. The molecule has 0 unspecified atom stereocenters. The van der Waals surface area contributed by atoms with E-state index in [4.69, 9.17) is 4.74 Å². The zero-order valence-corrected chi connectivity index (χ0v) is 14.1. The second-order valence-corrected chi connectivity index (χ2v) is 5.92. The molecule has 0 bridgehead atoms. The van der Waals surface area contributed by atoms with Crippen molar-refractivity contribution in [1.82, 2.24) is 9.88 Å². The van der Waals surface area contributed by atoms with E-state index < -0.39 is 0 Å². The van der Waals surface area contributed by atoms with Gasteiger partial charge in [0.05, 0.1) is 19.3 Å². The minimum Gasteiger partial charge on any atom is -0.394 e. The lowest BCUT2D eigenvalue weighted by Crippen LogP contribution is -2.41. The number of hydrogen-bond acceptors (Lipinski definition) is 3. The largest absolute Gasteiger partial charge is 0.394 e. The molecule has 0 aliphatic heterocycles. The van der Waals surface area contributed by atoms with Gasteiger partial charge >= 0.3 is 0 Å². The maximum atomic E-state index is 12.4. The average molecular weight is 318 g/mol. The number of amides is 1. The van der Waals surface area contributed by atoms with Crippen LogP contribution in [0.25, 0.3) is 10.9 Å². The van der Waals surface area contributed by atoms with Gasteiger partial charge in [-0.3, -0.25) is 4.79 Å². The predicted molar refractivity (Wildman–Crippen MR) is 91.6 cm³/mol. The summed E-state index contributed by atoms with van der Waals surface area (Å²) in [6.07, 6.45) is 2.91. The second-order valence-electron chi connectivity index (χ2n) is 5.92. The summed E-state index contributed by atoms with van der Waals surface area (Å²) >= 11 is 0. The van der Waals surface area contributed by atoms with Gasteiger partial charge in [-0.25, -0.2) is 0 Å². The lowest BCUT2D eigenvalue weighted by Gasteiger charge is -2.22. The number of hydrogen-bond donors (Lipinski definition) is 2. The van der Waals surface area contributed by atoms with Crippen LogP contribution in [0.4, 0.5) is 0 Å². The van der Waals surface area contributed by atoms with Gasteiger partial charge in [0, 0.05) is 36.3 Å². The summed E-state index contributed by atoms with van der Waals surface area (Å²) in [4.78, 5) is 12.4. The third-order valence-electron chi connectivity index (χ3n) is 4.41. The fourth-order valence-electron chi connectivity index (χ4n) is 2.63. The van der Waals surface area contributed by atoms with Crippen LogP contribution in [0.1, 0.15) is 30.6 Å². The minimum absolute atomic E-state index is 0.0453. The lowest BCUT2D eigenvalue weighted by atomic mass is 9.99. The van der Waals surface area contributed by atoms with E-state index in [1.807, 2.05) is 44.3 Å². The van der Waals surface area contributed by atoms with E-state index in [9.17, 15) is 9.90 Å². The third-order valence-corrected chi connectivity index (χ3v) is 4.41. The number of fused-ring (bicyclic) bond motifs is 1. The molecule has 1 heterocycles. The Kier molecular flexibility index (Phi) is 6.19. The molecule has 0 fully saturated rings. The maximum absolute atomic E-state index is 12.4. The highest BCUT2D eigenvalue weighted by Gasteiger charge is 2.18. The highest BCUT2D eigenvalue weighted by Crippen LogP contribution is 2.18. The maximum Gasteiger partial charge on any atom is 0.251 e. The average Bonchev–Trinajstić information content (AvgIpc) is 2.99. The standard InChI is InChI=1S/C18H26N2O3/c1-4-13(2)16(12-21)19-18(22)15-5-6-17-14(11-15)7-8-20(17)9-10-23-3/h5-8,11,13,16,21H,4,9-10,12H2,1-3H3,(H,19,22)/t13-,16-/m1/s1. The van der Waals surface area contributed by atoms with Crippen molar-refractivity contribution in [1.29, 1.82) is 0 Å². The number of aliphatic hydroxyl groups is 1. The summed E-state index contributed by atoms with van der Waals surface area (Å²) in [7, 11) is 1.68. The van der Waals surface area contributed by atoms with Gasteiger partial charge in [0.1, 0.15) is 0 Å². The first-order chi connectivity index (χ1) is 11.1. The molecule has 1 aromatic carbocycles. The van der Waals surface area contributed by atoms with Crippen LogP contribution in [-0.4, -0.2) is 41.9 Å². The highest BCUT2D eigenvalue weighted by atomic mass is 16.5. The van der Waals surface area contributed by atoms with Crippen LogP contribution >= 0.6 is 0 Å². The molecule has 0 spiro atoms. The van der Waals surface area contributed by atoms with Crippen LogP contribution < -0.4 is 5.32 Å². The Hall–Kier alpha value is -1.85. The smallest absolute Gasteiger partial charge is 0.251 e. The van der Waals surface area contributed by atoms with Crippen molar-refractivity contribution in [2.75, 3.05) is 20.3 Å². The number of carbonyl (C=O) groups excluding carboxylic acids is 1. The molecule has 0 aliphatic carbocycles. The predicted octanol–water partition coefficient (Wildman–Crippen LogP) is 2.42. The van der Waals surface area contributed by atoms with Gasteiger partial charge in [-0.1, -0.05) is 20.3 Å². The van der Waals surface area contributed by atoms with E-state index in [1.54, 1.807) is 7.11 Å². The molecule has 1 aromatic heterocycles. The van der Waals surface area contributed by atoms with Crippen molar-refractivity contribution >= 4 is 16.8 Å². The molecule has 0 saturated heterocycles. The van der Waals surface area contributed by atoms with Crippen LogP contribution in [-0.2, 0) is 11.3 Å². The summed E-state index contributed by atoms with van der Waals surface area (Å²) in [6.45, 7) is 5.47. The van der Waals surface area contributed by atoms with Crippen molar-refractivity contribution in [2.24, 2.45) is 5.92 Å². The SMILES string of the molecule is CC[C@@H](C)[C@@H](CO)NC(=O)c1ccc2c(ccn2CCOC)c1. The van der Waals surface area contributed by atoms with Crippen molar-refractivity contribution in [3.8, 4) is 0 Å². The van der Waals surface area contributed by atoms with E-state index in [0.717, 1.165) is 23.9 Å². The quantitative estimate of drug-likeness (QED) is 0.786. The first kappa shape index (κ1) is 17.5. The number of nitrogens with one attached hydrogen (secondary N) is 1. The number of rotatable bonds is 8. The van der Waals surface area contributed by atoms with Gasteiger partial charge in [-0.2, -0.15) is 0 Å². The Morgan fingerprint density at radius 3 is 2.83 bits per heavy atom. The molecule has 5 heteroatoms. The van der Waals surface area contributed by atoms with E-state index in [2.05, 4.69) is 9.88 Å². The second kappa shape index (κ2) is 8.13. The molecule has 0 aliphatic rings. The normalized spacial score (nSPS) is 13.9. The summed E-state index contributed by atoms with van der Waals surface area (Å²) in [6, 6.07) is 7.46. The Bertz CT molecular complexity index is 651. The number of nitrogens with zero attached hydrogens (tertiary/aromatic N) is 1. The van der Waals surface area contributed by atoms with Gasteiger partial charge in [-0.15, -0.1) is 0 Å². The van der Waals surface area contributed by atoms with Gasteiger partial charge in [0.25, 0.3) is 5.91 Å². The zero-order chi connectivity index (χ0) is 16.8. The lowest BCUT2D eigenvalue weighted by molar-refractivity contribution is 0.0891. The molecule has 2 atom stereocenters. The topological polar surface area (TPSA) is 63.5 Å². The number of aromatic nitrogens is 1. The zero-order valence-electron chi connectivity index (χ0n) is 14.1. The molecular formula is C18H26N2O3. The number of methoxy groups -OCH3 is 1. The van der Waals surface area contributed by atoms with E-state index in [-0.39, 0.29) is 24.5 Å². The molecule has 23 heavy (non-hydrogen) atoms. The monoisotopic (exact) mass is 318 g/mol. The van der Waals surface area contributed by atoms with E-state index in [0.29, 0.717) is 12.2 Å². The van der Waals surface area contributed by atoms with Crippen LogP contribution in [0.3, 0.4) is 0 Å². The molecule has 0 radical (unpaired) electrons. The van der Waals surface area contributed by atoms with Crippen LogP contribution in [0.2, 0.25) is 0 Å². The molecule has 2 aromatic rings. The van der Waals surface area contributed by atoms with Crippen LogP contribution in [0, 0.1) is 5.92 Å². The fraction of sp³-hybridized carbons (Fsp3) is 0.500. The highest BCUT2D eigenvalue weighted by molar-refractivity contribution is 5.98. The Morgan fingerprint density at radius 2 is 2.17 bits per heavy atom. The summed E-state index contributed by atoms with van der Waals surface area (Å²) in [5, 5.41) is 13.4. The molecule has 126 valence electrons. The fourth-order valence-corrected chi connectivity index (χ4v) is 2.63. The van der Waals surface area contributed by atoms with Gasteiger partial charge < -0.3 is 19.7 Å². The first-order valence-corrected chi connectivity index (χ1v) is 8.10. The minimum atomic E-state index is -0.213. The summed E-state index contributed by atoms with van der Waals surface area (Å²) < 4.78 is 7.21. The molecular weight excluding hydrogens is 292 g/mol. The Labute approximate surface area is 137 Å². The van der Waals surface area contributed by atoms with Crippen molar-refractivity contribution in [2.45, 2.75) is 32.9 Å². The van der Waals surface area contributed by atoms with Crippen molar-refractivity contribution < 1.29 is 14.6 Å². The van der Waals surface area contributed by atoms with E-state index in [1.165, 1.54) is 0 Å². The summed E-state index contributed by atoms with van der Waals surface area (Å²) in [5.41, 5.74) is 1.70. The molecule has 2 N–H and O–H groups in total. The van der Waals surface area contributed by atoms with Gasteiger partial charge in [-0.05, 0) is 30.2 Å². The first-order valence-electron chi connectivity index (χ1n) is 8.10. The van der Waals surface area contributed by atoms with Crippen LogP contribution in [0.15, 0.2) is 30.5 Å². The number of benzene rings is 1. The van der Waals surface area contributed by atoms with Crippen molar-refractivity contribution in [3.63, 3.8) is 0 Å². The Morgan fingerprint density at radius 1 is 1.39 bits per heavy atom. The number of ether oxygens (including phenoxy) is 1. The number of carbonyl (C=O) groups is 1. The van der Waals surface area contributed by atoms with E-state index >= 15 is 0 Å². The van der Waals surface area contributed by atoms with Crippen LogP contribution in [0.5, 0.6) is 0 Å². The number of aliphatic hydroxyl groups excluding tert-OH is 1. The third kappa shape index (κ3) is 4.12. The molecule has 5 nitrogen and oxygen atoms in total. The molecule has 2 rings (SSSR count). The summed E-state index contributed by atoms with van der Waals surface area (Å²) in [5.74, 6) is 0.0960. The van der Waals surface area contributed by atoms with Gasteiger partial charge in [0.15, 0.2) is 0 Å². The van der Waals surface area contributed by atoms with Gasteiger partial charge in [0.2, 0.25) is 0 Å². The Balaban J connectivity index is 2.15.